The van der Waals surface area contributed by atoms with Gasteiger partial charge < -0.3 is 5.32 Å². The highest BCUT2D eigenvalue weighted by atomic mass is 32.2. The summed E-state index contributed by atoms with van der Waals surface area (Å²) in [5.41, 5.74) is 3.09. The standard InChI is InChI=1S/C15H23NS/c1-3-16-15-13-10-6-5-8-12(13)9-7-11-14(15)17-4-2/h5-6,8,10,14-16H,3-4,7,9,11H2,1-2H3. The van der Waals surface area contributed by atoms with Gasteiger partial charge in [-0.15, -0.1) is 0 Å². The van der Waals surface area contributed by atoms with E-state index < -0.39 is 0 Å². The normalized spacial score (nSPS) is 24.1. The average molecular weight is 249 g/mol. The van der Waals surface area contributed by atoms with Crippen molar-refractivity contribution in [1.29, 1.82) is 0 Å². The molecule has 0 aliphatic heterocycles. The number of hydrogen-bond acceptors (Lipinski definition) is 2. The van der Waals surface area contributed by atoms with Gasteiger partial charge in [0.15, 0.2) is 0 Å². The molecule has 17 heavy (non-hydrogen) atoms. The van der Waals surface area contributed by atoms with Gasteiger partial charge in [0.25, 0.3) is 0 Å². The van der Waals surface area contributed by atoms with Crippen LogP contribution < -0.4 is 5.32 Å². The van der Waals surface area contributed by atoms with Crippen molar-refractivity contribution in [1.82, 2.24) is 5.32 Å². The molecule has 0 aromatic heterocycles. The molecule has 0 spiro atoms. The Morgan fingerprint density at radius 3 is 2.88 bits per heavy atom. The van der Waals surface area contributed by atoms with E-state index in [0.717, 1.165) is 11.8 Å². The van der Waals surface area contributed by atoms with Crippen molar-refractivity contribution in [3.8, 4) is 0 Å². The van der Waals surface area contributed by atoms with E-state index in [9.17, 15) is 0 Å². The zero-order valence-electron chi connectivity index (χ0n) is 10.9. The Kier molecular flexibility index (Phi) is 4.93. The van der Waals surface area contributed by atoms with E-state index in [1.165, 1.54) is 30.6 Å². The van der Waals surface area contributed by atoms with Crippen molar-refractivity contribution in [3.63, 3.8) is 0 Å². The molecule has 2 atom stereocenters. The van der Waals surface area contributed by atoms with Crippen LogP contribution in [0.15, 0.2) is 24.3 Å². The van der Waals surface area contributed by atoms with Gasteiger partial charge in [0.1, 0.15) is 0 Å². The third-order valence-electron chi connectivity index (χ3n) is 3.50. The maximum atomic E-state index is 3.69. The number of fused-ring (bicyclic) bond motifs is 1. The molecule has 0 heterocycles. The summed E-state index contributed by atoms with van der Waals surface area (Å²) in [6, 6.07) is 9.52. The first-order chi connectivity index (χ1) is 8.36. The number of rotatable bonds is 4. The van der Waals surface area contributed by atoms with Gasteiger partial charge in [-0.25, -0.2) is 0 Å². The Bertz CT molecular complexity index is 351. The lowest BCUT2D eigenvalue weighted by molar-refractivity contribution is 0.517. The predicted molar refractivity (Wildman–Crippen MR) is 77.7 cm³/mol. The SMILES string of the molecule is CCNC1c2ccccc2CCCC1SCC. The second kappa shape index (κ2) is 6.46. The molecular weight excluding hydrogens is 226 g/mol. The molecule has 1 aliphatic rings. The second-order valence-electron chi connectivity index (χ2n) is 4.62. The highest BCUT2D eigenvalue weighted by molar-refractivity contribution is 7.99. The van der Waals surface area contributed by atoms with Gasteiger partial charge in [-0.05, 0) is 42.7 Å². The smallest absolute Gasteiger partial charge is 0.0443 e. The molecule has 1 nitrogen and oxygen atoms in total. The Labute approximate surface area is 109 Å². The molecule has 0 amide bonds. The minimum atomic E-state index is 0.545. The van der Waals surface area contributed by atoms with Crippen LogP contribution in [0, 0.1) is 0 Å². The third kappa shape index (κ3) is 3.05. The molecule has 0 radical (unpaired) electrons. The van der Waals surface area contributed by atoms with E-state index in [1.807, 2.05) is 0 Å². The minimum absolute atomic E-state index is 0.545. The lowest BCUT2D eigenvalue weighted by Gasteiger charge is -2.26. The van der Waals surface area contributed by atoms with Crippen LogP contribution in [0.1, 0.15) is 43.9 Å². The summed E-state index contributed by atoms with van der Waals surface area (Å²) in [6.07, 6.45) is 3.92. The monoisotopic (exact) mass is 249 g/mol. The first kappa shape index (κ1) is 13.0. The number of hydrogen-bond donors (Lipinski definition) is 1. The van der Waals surface area contributed by atoms with Crippen LogP contribution in [0.2, 0.25) is 0 Å². The summed E-state index contributed by atoms with van der Waals surface area (Å²) in [5.74, 6) is 1.22. The second-order valence-corrected chi connectivity index (χ2v) is 6.14. The molecule has 1 aromatic carbocycles. The van der Waals surface area contributed by atoms with E-state index in [2.05, 4.69) is 55.2 Å². The number of benzene rings is 1. The molecule has 0 saturated carbocycles. The zero-order chi connectivity index (χ0) is 12.1. The van der Waals surface area contributed by atoms with Gasteiger partial charge in [-0.3, -0.25) is 0 Å². The van der Waals surface area contributed by atoms with Crippen LogP contribution >= 0.6 is 11.8 Å². The van der Waals surface area contributed by atoms with Crippen LogP contribution in [0.25, 0.3) is 0 Å². The minimum Gasteiger partial charge on any atom is -0.309 e. The van der Waals surface area contributed by atoms with E-state index in [0.29, 0.717) is 6.04 Å². The molecule has 1 N–H and O–H groups in total. The fraction of sp³-hybridized carbons (Fsp3) is 0.600. The van der Waals surface area contributed by atoms with Gasteiger partial charge in [0, 0.05) is 11.3 Å². The molecular formula is C15H23NS. The molecule has 0 saturated heterocycles. The fourth-order valence-corrected chi connectivity index (χ4v) is 3.98. The molecule has 1 aliphatic carbocycles. The van der Waals surface area contributed by atoms with E-state index in [1.54, 1.807) is 5.56 Å². The van der Waals surface area contributed by atoms with Crippen molar-refractivity contribution in [2.24, 2.45) is 0 Å². The average Bonchev–Trinajstić information content (AvgIpc) is 2.51. The van der Waals surface area contributed by atoms with Gasteiger partial charge in [0.05, 0.1) is 0 Å². The molecule has 2 rings (SSSR count). The summed E-state index contributed by atoms with van der Waals surface area (Å²) in [7, 11) is 0. The largest absolute Gasteiger partial charge is 0.309 e. The zero-order valence-corrected chi connectivity index (χ0v) is 11.7. The molecule has 2 heteroatoms. The van der Waals surface area contributed by atoms with Crippen LogP contribution in [0.5, 0.6) is 0 Å². The summed E-state index contributed by atoms with van der Waals surface area (Å²) in [4.78, 5) is 0. The summed E-state index contributed by atoms with van der Waals surface area (Å²) >= 11 is 2.11. The van der Waals surface area contributed by atoms with Gasteiger partial charge >= 0.3 is 0 Å². The lowest BCUT2D eigenvalue weighted by atomic mass is 9.99. The fourth-order valence-electron chi connectivity index (χ4n) is 2.78. The Morgan fingerprint density at radius 1 is 1.29 bits per heavy atom. The first-order valence-electron chi connectivity index (χ1n) is 6.79. The predicted octanol–water partition coefficient (Wildman–Crippen LogP) is 3.80. The van der Waals surface area contributed by atoms with E-state index in [4.69, 9.17) is 0 Å². The third-order valence-corrected chi connectivity index (χ3v) is 4.77. The van der Waals surface area contributed by atoms with Gasteiger partial charge in [-0.1, -0.05) is 38.1 Å². The van der Waals surface area contributed by atoms with Gasteiger partial charge in [-0.2, -0.15) is 11.8 Å². The van der Waals surface area contributed by atoms with Crippen molar-refractivity contribution < 1.29 is 0 Å². The molecule has 2 unspecified atom stereocenters. The van der Waals surface area contributed by atoms with E-state index in [-0.39, 0.29) is 0 Å². The highest BCUT2D eigenvalue weighted by Crippen LogP contribution is 2.35. The van der Waals surface area contributed by atoms with Crippen molar-refractivity contribution in [2.45, 2.75) is 44.4 Å². The Hall–Kier alpha value is -0.470. The van der Waals surface area contributed by atoms with Crippen molar-refractivity contribution >= 4 is 11.8 Å². The summed E-state index contributed by atoms with van der Waals surface area (Å²) < 4.78 is 0. The molecule has 0 bridgehead atoms. The first-order valence-corrected chi connectivity index (χ1v) is 7.84. The van der Waals surface area contributed by atoms with Crippen LogP contribution in [0.3, 0.4) is 0 Å². The molecule has 94 valence electrons. The quantitative estimate of drug-likeness (QED) is 0.815. The highest BCUT2D eigenvalue weighted by Gasteiger charge is 2.26. The maximum Gasteiger partial charge on any atom is 0.0443 e. The maximum absolute atomic E-state index is 3.69. The summed E-state index contributed by atoms with van der Waals surface area (Å²) in [6.45, 7) is 5.53. The lowest BCUT2D eigenvalue weighted by Crippen LogP contribution is -2.30. The van der Waals surface area contributed by atoms with Crippen LogP contribution in [-0.4, -0.2) is 17.5 Å². The van der Waals surface area contributed by atoms with Crippen molar-refractivity contribution in [2.75, 3.05) is 12.3 Å². The van der Waals surface area contributed by atoms with Crippen molar-refractivity contribution in [3.05, 3.63) is 35.4 Å². The number of nitrogens with one attached hydrogen (secondary N) is 1. The van der Waals surface area contributed by atoms with E-state index >= 15 is 0 Å². The molecule has 1 aromatic rings. The number of aryl methyl sites for hydroxylation is 1. The summed E-state index contributed by atoms with van der Waals surface area (Å²) in [5, 5.41) is 4.43. The Morgan fingerprint density at radius 2 is 2.12 bits per heavy atom. The number of thioether (sulfide) groups is 1. The van der Waals surface area contributed by atoms with Crippen LogP contribution in [0.4, 0.5) is 0 Å². The van der Waals surface area contributed by atoms with Crippen LogP contribution in [-0.2, 0) is 6.42 Å². The molecule has 0 fully saturated rings. The topological polar surface area (TPSA) is 12.0 Å². The van der Waals surface area contributed by atoms with Gasteiger partial charge in [0.2, 0.25) is 0 Å². The Balaban J connectivity index is 2.29.